The number of nitrogens with zero attached hydrogens (tertiary/aromatic N) is 2. The lowest BCUT2D eigenvalue weighted by molar-refractivity contribution is -0.150. The van der Waals surface area contributed by atoms with Crippen molar-refractivity contribution in [2.24, 2.45) is 0 Å². The third-order valence-corrected chi connectivity index (χ3v) is 4.25. The summed E-state index contributed by atoms with van der Waals surface area (Å²) in [5.74, 6) is -2.52. The first-order chi connectivity index (χ1) is 14.2. The molecule has 0 radical (unpaired) electrons. The van der Waals surface area contributed by atoms with Gasteiger partial charge in [-0.1, -0.05) is 19.1 Å². The zero-order valence-electron chi connectivity index (χ0n) is 17.7. The second-order valence-corrected chi connectivity index (χ2v) is 6.80. The number of ether oxygens (including phenoxy) is 2. The van der Waals surface area contributed by atoms with E-state index in [1.807, 2.05) is 11.8 Å². The quantitative estimate of drug-likeness (QED) is 0.149. The van der Waals surface area contributed by atoms with Gasteiger partial charge in [0.2, 0.25) is 0 Å². The molecule has 0 aromatic heterocycles. The highest BCUT2D eigenvalue weighted by atomic mass is 16.5. The Kier molecular flexibility index (Phi) is 15.9. The first-order valence-electron chi connectivity index (χ1n) is 9.89. The minimum absolute atomic E-state index is 0.0290. The van der Waals surface area contributed by atoms with Crippen LogP contribution in [0.2, 0.25) is 0 Å². The molecular weight excluding hydrogens is 396 g/mol. The maximum absolute atomic E-state index is 11.6. The first-order valence-corrected chi connectivity index (χ1v) is 9.89. The molecule has 174 valence electrons. The van der Waals surface area contributed by atoms with Crippen molar-refractivity contribution in [2.75, 3.05) is 59.2 Å². The summed E-state index contributed by atoms with van der Waals surface area (Å²) in [7, 11) is 0. The van der Waals surface area contributed by atoms with Gasteiger partial charge in [0.05, 0.1) is 45.1 Å². The highest BCUT2D eigenvalue weighted by Gasteiger charge is 2.30. The molecule has 0 aliphatic heterocycles. The van der Waals surface area contributed by atoms with Gasteiger partial charge in [0, 0.05) is 26.2 Å². The van der Waals surface area contributed by atoms with Crippen molar-refractivity contribution in [3.8, 4) is 0 Å². The second kappa shape index (κ2) is 16.9. The third kappa shape index (κ3) is 13.4. The molecule has 3 atom stereocenters. The molecule has 0 rings (SSSR count). The van der Waals surface area contributed by atoms with E-state index in [-0.39, 0.29) is 32.9 Å². The summed E-state index contributed by atoms with van der Waals surface area (Å²) < 4.78 is 10.4. The Balaban J connectivity index is 5.01. The van der Waals surface area contributed by atoms with Crippen molar-refractivity contribution in [2.45, 2.75) is 31.6 Å². The molecule has 0 amide bonds. The Hall–Kier alpha value is -1.82. The molecule has 10 nitrogen and oxygen atoms in total. The molecule has 0 spiro atoms. The summed E-state index contributed by atoms with van der Waals surface area (Å²) in [5, 5.41) is 38.8. The third-order valence-electron chi connectivity index (χ3n) is 4.25. The fraction of sp³-hybridized carbons (Fsp3) is 0.700. The smallest absolute Gasteiger partial charge is 0.321 e. The monoisotopic (exact) mass is 432 g/mol. The van der Waals surface area contributed by atoms with Crippen LogP contribution < -0.4 is 0 Å². The molecule has 0 fully saturated rings. The summed E-state index contributed by atoms with van der Waals surface area (Å²) in [6.45, 7) is 11.0. The Morgan fingerprint density at radius 1 is 0.967 bits per heavy atom. The summed E-state index contributed by atoms with van der Waals surface area (Å²) in [6.07, 6.45) is 0.789. The zero-order valence-corrected chi connectivity index (χ0v) is 17.7. The van der Waals surface area contributed by atoms with Crippen LogP contribution in [-0.4, -0.2) is 120 Å². The Labute approximate surface area is 178 Å². The van der Waals surface area contributed by atoms with Gasteiger partial charge < -0.3 is 29.9 Å². The largest absolute Gasteiger partial charge is 0.481 e. The van der Waals surface area contributed by atoms with Gasteiger partial charge >= 0.3 is 11.9 Å². The van der Waals surface area contributed by atoms with Gasteiger partial charge in [-0.2, -0.15) is 0 Å². The number of rotatable bonds is 20. The van der Waals surface area contributed by atoms with Crippen LogP contribution in [0.15, 0.2) is 25.3 Å². The van der Waals surface area contributed by atoms with Gasteiger partial charge in [-0.15, -0.1) is 13.2 Å². The van der Waals surface area contributed by atoms with Crippen LogP contribution in [-0.2, 0) is 19.1 Å². The number of aliphatic carboxylic acids is 2. The molecule has 0 bridgehead atoms. The summed E-state index contributed by atoms with van der Waals surface area (Å²) in [6, 6.07) is -1.30. The Morgan fingerprint density at radius 2 is 1.50 bits per heavy atom. The number of hydrogen-bond acceptors (Lipinski definition) is 8. The molecule has 0 heterocycles. The fourth-order valence-corrected chi connectivity index (χ4v) is 2.81. The van der Waals surface area contributed by atoms with Crippen LogP contribution in [0.3, 0.4) is 0 Å². The van der Waals surface area contributed by atoms with E-state index in [1.54, 1.807) is 6.08 Å². The van der Waals surface area contributed by atoms with E-state index in [4.69, 9.17) is 14.6 Å². The minimum Gasteiger partial charge on any atom is -0.481 e. The summed E-state index contributed by atoms with van der Waals surface area (Å²) in [5.41, 5.74) is 0. The van der Waals surface area contributed by atoms with Crippen LogP contribution in [0.1, 0.15) is 13.3 Å². The number of likely N-dealkylation sites (N-methyl/N-ethyl adjacent to an activating group) is 1. The SMILES string of the molecule is C=CCOCC(O)CN(CC)CCN(CC(O)COCC=C)C(CC(=O)O)C(=O)O. The molecule has 0 aliphatic carbocycles. The number of carboxylic acids is 2. The molecular formula is C20H36N2O8. The average molecular weight is 433 g/mol. The number of aliphatic hydroxyl groups is 2. The van der Waals surface area contributed by atoms with E-state index >= 15 is 0 Å². The van der Waals surface area contributed by atoms with E-state index in [0.717, 1.165) is 0 Å². The predicted molar refractivity (Wildman–Crippen MR) is 111 cm³/mol. The number of hydrogen-bond donors (Lipinski definition) is 4. The Bertz CT molecular complexity index is 517. The molecule has 10 heteroatoms. The van der Waals surface area contributed by atoms with Crippen LogP contribution in [0.4, 0.5) is 0 Å². The van der Waals surface area contributed by atoms with Gasteiger partial charge in [0.15, 0.2) is 0 Å². The van der Waals surface area contributed by atoms with Crippen LogP contribution >= 0.6 is 0 Å². The van der Waals surface area contributed by atoms with Gasteiger partial charge in [-0.25, -0.2) is 0 Å². The van der Waals surface area contributed by atoms with Gasteiger partial charge in [0.1, 0.15) is 6.04 Å². The lowest BCUT2D eigenvalue weighted by Gasteiger charge is -2.32. The van der Waals surface area contributed by atoms with Crippen LogP contribution in [0.5, 0.6) is 0 Å². The molecule has 0 saturated carbocycles. The molecule has 0 aromatic rings. The van der Waals surface area contributed by atoms with E-state index < -0.39 is 36.6 Å². The normalized spacial score (nSPS) is 14.4. The maximum Gasteiger partial charge on any atom is 0.321 e. The van der Waals surface area contributed by atoms with Crippen molar-refractivity contribution in [3.05, 3.63) is 25.3 Å². The van der Waals surface area contributed by atoms with E-state index in [1.165, 1.54) is 11.0 Å². The average Bonchev–Trinajstić information content (AvgIpc) is 2.68. The molecule has 4 N–H and O–H groups in total. The fourth-order valence-electron chi connectivity index (χ4n) is 2.81. The number of aliphatic hydroxyl groups excluding tert-OH is 2. The van der Waals surface area contributed by atoms with E-state index in [2.05, 4.69) is 13.2 Å². The van der Waals surface area contributed by atoms with Gasteiger partial charge in [-0.05, 0) is 6.54 Å². The van der Waals surface area contributed by atoms with Gasteiger partial charge in [-0.3, -0.25) is 19.4 Å². The Morgan fingerprint density at radius 3 is 1.93 bits per heavy atom. The highest BCUT2D eigenvalue weighted by molar-refractivity contribution is 5.80. The van der Waals surface area contributed by atoms with E-state index in [0.29, 0.717) is 26.2 Å². The van der Waals surface area contributed by atoms with Crippen molar-refractivity contribution in [1.82, 2.24) is 9.80 Å². The van der Waals surface area contributed by atoms with Crippen LogP contribution in [0.25, 0.3) is 0 Å². The van der Waals surface area contributed by atoms with Crippen molar-refractivity contribution in [1.29, 1.82) is 0 Å². The van der Waals surface area contributed by atoms with Crippen molar-refractivity contribution >= 4 is 11.9 Å². The summed E-state index contributed by atoms with van der Waals surface area (Å²) >= 11 is 0. The zero-order chi connectivity index (χ0) is 22.9. The second-order valence-electron chi connectivity index (χ2n) is 6.80. The molecule has 0 aromatic carbocycles. The topological polar surface area (TPSA) is 140 Å². The number of carbonyl (C=O) groups is 2. The number of carboxylic acid groups (broad SMARTS) is 2. The lowest BCUT2D eigenvalue weighted by atomic mass is 10.1. The van der Waals surface area contributed by atoms with E-state index in [9.17, 15) is 24.9 Å². The molecule has 0 saturated heterocycles. The molecule has 3 unspecified atom stereocenters. The standard InChI is InChI=1S/C20H36N2O8/c1-4-9-29-14-16(23)12-21(6-3)7-8-22(13-17(24)15-30-10-5-2)18(20(27)28)11-19(25)26/h4-5,16-18,23-24H,1-2,6-15H2,3H3,(H,25,26)(H,27,28). The maximum atomic E-state index is 11.6. The highest BCUT2D eigenvalue weighted by Crippen LogP contribution is 2.08. The summed E-state index contributed by atoms with van der Waals surface area (Å²) in [4.78, 5) is 26.1. The first kappa shape index (κ1) is 28.2. The van der Waals surface area contributed by atoms with Crippen molar-refractivity contribution < 1.29 is 39.5 Å². The minimum atomic E-state index is -1.30. The van der Waals surface area contributed by atoms with Gasteiger partial charge in [0.25, 0.3) is 0 Å². The molecule has 0 aliphatic rings. The van der Waals surface area contributed by atoms with Crippen molar-refractivity contribution in [3.63, 3.8) is 0 Å². The molecule has 30 heavy (non-hydrogen) atoms. The predicted octanol–water partition coefficient (Wildman–Crippen LogP) is -0.335. The lowest BCUT2D eigenvalue weighted by Crippen LogP contribution is -2.50. The van der Waals surface area contributed by atoms with Crippen LogP contribution in [0, 0.1) is 0 Å².